The molecule has 0 saturated heterocycles. The van der Waals surface area contributed by atoms with Crippen LogP contribution < -0.4 is 16.1 Å². The van der Waals surface area contributed by atoms with Gasteiger partial charge in [-0.25, -0.2) is 9.36 Å². The Labute approximate surface area is 179 Å². The molecule has 0 radical (unpaired) electrons. The minimum atomic E-state index is -0.621. The van der Waals surface area contributed by atoms with E-state index in [-0.39, 0.29) is 12.5 Å². The van der Waals surface area contributed by atoms with Crippen molar-refractivity contribution in [1.29, 1.82) is 0 Å². The fourth-order valence-electron chi connectivity index (χ4n) is 4.09. The molecule has 0 spiro atoms. The van der Waals surface area contributed by atoms with Crippen molar-refractivity contribution < 1.29 is 9.53 Å². The molecule has 9 heteroatoms. The molecular weight excluding hydrogens is 398 g/mol. The maximum Gasteiger partial charge on any atom is 0.333 e. The molecule has 0 amide bonds. The van der Waals surface area contributed by atoms with Crippen LogP contribution in [0.3, 0.4) is 0 Å². The average Bonchev–Trinajstić information content (AvgIpc) is 3.11. The first-order valence-corrected chi connectivity index (χ1v) is 10.4. The van der Waals surface area contributed by atoms with Gasteiger partial charge in [0.2, 0.25) is 5.95 Å². The van der Waals surface area contributed by atoms with E-state index < -0.39 is 23.8 Å². The molecule has 0 bridgehead atoms. The number of carbonyl (C=O) groups is 1. The SMILES string of the molecule is CCOC(=O)Cn1c(=O)c2c(nc3n2CC(C)CN3c2ccc(C)c(C)c2)n(C)c1=O. The zero-order chi connectivity index (χ0) is 22.4. The minimum absolute atomic E-state index is 0.181. The van der Waals surface area contributed by atoms with Crippen LogP contribution in [0, 0.1) is 19.8 Å². The van der Waals surface area contributed by atoms with Crippen molar-refractivity contribution in [3.8, 4) is 0 Å². The summed E-state index contributed by atoms with van der Waals surface area (Å²) < 4.78 is 9.05. The molecule has 3 aromatic rings. The molecule has 9 nitrogen and oxygen atoms in total. The Morgan fingerprint density at radius 1 is 1.19 bits per heavy atom. The second kappa shape index (κ2) is 7.72. The van der Waals surface area contributed by atoms with Crippen LogP contribution in [0.2, 0.25) is 0 Å². The molecule has 0 aliphatic carbocycles. The predicted molar refractivity (Wildman–Crippen MR) is 118 cm³/mol. The number of ether oxygens (including phenoxy) is 1. The van der Waals surface area contributed by atoms with Gasteiger partial charge in [-0.05, 0) is 49.9 Å². The van der Waals surface area contributed by atoms with Crippen molar-refractivity contribution in [2.24, 2.45) is 13.0 Å². The van der Waals surface area contributed by atoms with Crippen LogP contribution in [-0.2, 0) is 29.7 Å². The second-order valence-corrected chi connectivity index (χ2v) is 8.22. The summed E-state index contributed by atoms with van der Waals surface area (Å²) in [7, 11) is 1.56. The van der Waals surface area contributed by atoms with Crippen molar-refractivity contribution in [2.45, 2.75) is 40.8 Å². The standard InChI is InChI=1S/C22H27N5O4/c1-6-31-17(28)12-27-20(29)18-19(24(5)22(27)30)23-21-25(10-13(2)11-26(18)21)16-8-7-14(3)15(4)9-16/h7-9,13H,6,10-12H2,1-5H3. The topological polar surface area (TPSA) is 91.4 Å². The number of anilines is 2. The van der Waals surface area contributed by atoms with Gasteiger partial charge in [-0.15, -0.1) is 0 Å². The Hall–Kier alpha value is -3.36. The Morgan fingerprint density at radius 3 is 2.61 bits per heavy atom. The third-order valence-corrected chi connectivity index (χ3v) is 5.84. The highest BCUT2D eigenvalue weighted by Crippen LogP contribution is 2.33. The average molecular weight is 425 g/mol. The van der Waals surface area contributed by atoms with Gasteiger partial charge in [0.25, 0.3) is 5.56 Å². The van der Waals surface area contributed by atoms with Gasteiger partial charge in [0.1, 0.15) is 6.54 Å². The molecule has 1 aliphatic rings. The second-order valence-electron chi connectivity index (χ2n) is 8.22. The first-order valence-electron chi connectivity index (χ1n) is 10.4. The molecule has 1 aliphatic heterocycles. The van der Waals surface area contributed by atoms with Gasteiger partial charge in [0, 0.05) is 25.8 Å². The molecule has 4 rings (SSSR count). The maximum absolute atomic E-state index is 13.3. The number of imidazole rings is 1. The molecule has 0 saturated carbocycles. The Kier molecular flexibility index (Phi) is 5.20. The van der Waals surface area contributed by atoms with Crippen molar-refractivity contribution >= 4 is 28.8 Å². The lowest BCUT2D eigenvalue weighted by Crippen LogP contribution is -2.42. The van der Waals surface area contributed by atoms with Crippen LogP contribution in [-0.4, -0.2) is 37.8 Å². The molecule has 31 heavy (non-hydrogen) atoms. The Morgan fingerprint density at radius 2 is 1.94 bits per heavy atom. The number of aromatic nitrogens is 4. The number of nitrogens with zero attached hydrogens (tertiary/aromatic N) is 5. The molecular formula is C22H27N5O4. The lowest BCUT2D eigenvalue weighted by molar-refractivity contribution is -0.143. The van der Waals surface area contributed by atoms with E-state index in [2.05, 4.69) is 37.8 Å². The van der Waals surface area contributed by atoms with Crippen molar-refractivity contribution in [2.75, 3.05) is 18.1 Å². The van der Waals surface area contributed by atoms with Crippen LogP contribution in [0.4, 0.5) is 11.6 Å². The lowest BCUT2D eigenvalue weighted by atomic mass is 10.1. The van der Waals surface area contributed by atoms with Gasteiger partial charge in [-0.2, -0.15) is 4.98 Å². The zero-order valence-electron chi connectivity index (χ0n) is 18.5. The third kappa shape index (κ3) is 3.43. The number of benzene rings is 1. The van der Waals surface area contributed by atoms with Crippen molar-refractivity contribution in [3.63, 3.8) is 0 Å². The van der Waals surface area contributed by atoms with Crippen LogP contribution in [0.1, 0.15) is 25.0 Å². The number of carbonyl (C=O) groups excluding carboxylic acids is 1. The van der Waals surface area contributed by atoms with Crippen LogP contribution in [0.15, 0.2) is 27.8 Å². The smallest absolute Gasteiger partial charge is 0.333 e. The normalized spacial score (nSPS) is 15.9. The highest BCUT2D eigenvalue weighted by atomic mass is 16.5. The Balaban J connectivity index is 1.94. The van der Waals surface area contributed by atoms with E-state index in [9.17, 15) is 14.4 Å². The number of aryl methyl sites for hydroxylation is 3. The monoisotopic (exact) mass is 425 g/mol. The summed E-state index contributed by atoms with van der Waals surface area (Å²) in [6.45, 7) is 9.02. The van der Waals surface area contributed by atoms with E-state index >= 15 is 0 Å². The molecule has 2 aromatic heterocycles. The number of hydrogen-bond donors (Lipinski definition) is 0. The zero-order valence-corrected chi connectivity index (χ0v) is 18.5. The van der Waals surface area contributed by atoms with Crippen molar-refractivity contribution in [1.82, 2.24) is 18.7 Å². The molecule has 164 valence electrons. The minimum Gasteiger partial charge on any atom is -0.465 e. The summed E-state index contributed by atoms with van der Waals surface area (Å²) in [6.07, 6.45) is 0. The number of esters is 1. The number of rotatable bonds is 4. The Bertz CT molecular complexity index is 1300. The van der Waals surface area contributed by atoms with E-state index in [4.69, 9.17) is 9.72 Å². The van der Waals surface area contributed by atoms with Gasteiger partial charge in [0.15, 0.2) is 11.2 Å². The fourth-order valence-corrected chi connectivity index (χ4v) is 4.09. The third-order valence-electron chi connectivity index (χ3n) is 5.84. The molecule has 0 fully saturated rings. The first kappa shape index (κ1) is 20.9. The first-order chi connectivity index (χ1) is 14.7. The van der Waals surface area contributed by atoms with Crippen LogP contribution in [0.25, 0.3) is 11.2 Å². The number of hydrogen-bond acceptors (Lipinski definition) is 6. The quantitative estimate of drug-likeness (QED) is 0.593. The van der Waals surface area contributed by atoms with Crippen LogP contribution >= 0.6 is 0 Å². The molecule has 0 N–H and O–H groups in total. The number of fused-ring (bicyclic) bond motifs is 3. The maximum atomic E-state index is 13.3. The summed E-state index contributed by atoms with van der Waals surface area (Å²) in [6, 6.07) is 6.22. The summed E-state index contributed by atoms with van der Waals surface area (Å²) >= 11 is 0. The highest BCUT2D eigenvalue weighted by Gasteiger charge is 2.30. The van der Waals surface area contributed by atoms with Gasteiger partial charge >= 0.3 is 11.7 Å². The summed E-state index contributed by atoms with van der Waals surface area (Å²) in [5.41, 5.74) is 2.87. The van der Waals surface area contributed by atoms with Gasteiger partial charge in [0.05, 0.1) is 6.61 Å². The van der Waals surface area contributed by atoms with Gasteiger partial charge in [-0.1, -0.05) is 13.0 Å². The molecule has 1 aromatic carbocycles. The summed E-state index contributed by atoms with van der Waals surface area (Å²) in [4.78, 5) is 44.9. The van der Waals surface area contributed by atoms with Crippen LogP contribution in [0.5, 0.6) is 0 Å². The van der Waals surface area contributed by atoms with E-state index in [1.165, 1.54) is 15.7 Å². The predicted octanol–water partition coefficient (Wildman–Crippen LogP) is 1.86. The largest absolute Gasteiger partial charge is 0.465 e. The van der Waals surface area contributed by atoms with E-state index in [0.717, 1.165) is 16.8 Å². The highest BCUT2D eigenvalue weighted by molar-refractivity contribution is 5.78. The van der Waals surface area contributed by atoms with Gasteiger partial charge in [-0.3, -0.25) is 14.2 Å². The summed E-state index contributed by atoms with van der Waals surface area (Å²) in [5, 5.41) is 0. The van der Waals surface area contributed by atoms with E-state index in [0.29, 0.717) is 23.7 Å². The van der Waals surface area contributed by atoms with Gasteiger partial charge < -0.3 is 14.2 Å². The van der Waals surface area contributed by atoms with E-state index in [1.54, 1.807) is 14.0 Å². The van der Waals surface area contributed by atoms with Crippen molar-refractivity contribution in [3.05, 3.63) is 50.2 Å². The fraction of sp³-hybridized carbons (Fsp3) is 0.455. The molecule has 1 atom stereocenters. The molecule has 1 unspecified atom stereocenters. The lowest BCUT2D eigenvalue weighted by Gasteiger charge is -2.33. The summed E-state index contributed by atoms with van der Waals surface area (Å²) in [5.74, 6) is 0.253. The molecule has 3 heterocycles. The van der Waals surface area contributed by atoms with E-state index in [1.807, 2.05) is 10.6 Å².